The maximum absolute atomic E-state index is 2.57. The number of hydrogen-bond acceptors (Lipinski definition) is 3. The summed E-state index contributed by atoms with van der Waals surface area (Å²) in [6.07, 6.45) is 24.4. The Labute approximate surface area is 643 Å². The molecule has 0 aromatic heterocycles. The van der Waals surface area contributed by atoms with Crippen molar-refractivity contribution in [1.82, 2.24) is 0 Å². The summed E-state index contributed by atoms with van der Waals surface area (Å²) in [6, 6.07) is 73.6. The molecular weight excluding hydrogens is 1310 g/mol. The smallest absolute Gasteiger partial charge is 0.210 e. The van der Waals surface area contributed by atoms with Crippen molar-refractivity contribution in [3.05, 3.63) is 311 Å². The van der Waals surface area contributed by atoms with Gasteiger partial charge in [-0.05, 0) is 193 Å². The minimum Gasteiger partial charge on any atom is -0.344 e. The van der Waals surface area contributed by atoms with Gasteiger partial charge < -0.3 is 14.7 Å². The molecule has 546 valence electrons. The fourth-order valence-corrected chi connectivity index (χ4v) is 20.0. The van der Waals surface area contributed by atoms with E-state index in [1.54, 1.807) is 0 Å². The van der Waals surface area contributed by atoms with Gasteiger partial charge in [-0.15, -0.1) is 0 Å². The third kappa shape index (κ3) is 11.8. The molecule has 0 amide bonds. The average molecular weight is 1420 g/mol. The molecule has 0 saturated heterocycles. The molecule has 0 fully saturated rings. The first-order valence-corrected chi connectivity index (χ1v) is 39.8. The van der Waals surface area contributed by atoms with Crippen molar-refractivity contribution >= 4 is 105 Å². The molecule has 0 unspecified atom stereocenters. The normalized spacial score (nSPS) is 19.1. The van der Waals surface area contributed by atoms with Gasteiger partial charge in [0, 0.05) is 123 Å². The van der Waals surface area contributed by atoms with Crippen LogP contribution >= 0.6 is 0 Å². The zero-order valence-corrected chi connectivity index (χ0v) is 67.7. The Balaban J connectivity index is 0.000000129. The van der Waals surface area contributed by atoms with Crippen molar-refractivity contribution in [2.75, 3.05) is 55.5 Å². The zero-order valence-electron chi connectivity index (χ0n) is 67.7. The highest BCUT2D eigenvalue weighted by Gasteiger charge is 2.49. The molecule has 108 heavy (non-hydrogen) atoms. The number of likely N-dealkylation sites (N-methyl/N-ethyl adjacent to an activating group) is 1. The van der Waals surface area contributed by atoms with E-state index in [2.05, 4.69) is 415 Å². The summed E-state index contributed by atoms with van der Waals surface area (Å²) in [4.78, 5) is 7.60. The summed E-state index contributed by atoms with van der Waals surface area (Å²) in [5.41, 5.74) is 25.7. The lowest BCUT2D eigenvalue weighted by atomic mass is 9.79. The molecule has 6 aliphatic rings. The minimum atomic E-state index is -0.0760. The van der Waals surface area contributed by atoms with Gasteiger partial charge in [0.15, 0.2) is 17.1 Å². The van der Waals surface area contributed by atoms with Crippen LogP contribution in [0.25, 0.3) is 53.9 Å². The summed E-state index contributed by atoms with van der Waals surface area (Å²) in [5, 5.41) is 13.4. The van der Waals surface area contributed by atoms with E-state index in [0.717, 1.165) is 26.1 Å². The second kappa shape index (κ2) is 27.7. The molecule has 0 aliphatic carbocycles. The molecule has 6 nitrogen and oxygen atoms in total. The fraction of sp³-hybridized carbons (Fsp3) is 0.304. The SMILES string of the molecule is CCCCN1/C(=C/C=C/C2=[N+](C)c3ccc(C)cc3C2(C)C)C(C)(C)c2c1ccc1ccccc21.CCCN1/C(=C\C=C\C2=[N+](C)c3ccc4ccccc4c3C2(C)C)C(C)(C)c2c1ccc1ccccc21.CCN1/C(=C\C=C\C2=[N+](C)c3ccc4ccccc4c3C2(C)C)C(C)(C)c2c1ccc1ccccc21. The first kappa shape index (κ1) is 73.1. The summed E-state index contributed by atoms with van der Waals surface area (Å²) in [6.45, 7) is 40.4. The number of fused-ring (bicyclic) bond motifs is 16. The summed E-state index contributed by atoms with van der Waals surface area (Å²) in [5.74, 6) is 0. The molecule has 6 aliphatic heterocycles. The Hall–Kier alpha value is -10.4. The Bertz CT molecular complexity index is 5800. The molecule has 0 atom stereocenters. The average Bonchev–Trinajstić information content (AvgIpc) is 1.59. The number of nitrogens with zero attached hydrogens (tertiary/aromatic N) is 6. The predicted molar refractivity (Wildman–Crippen MR) is 466 cm³/mol. The van der Waals surface area contributed by atoms with E-state index >= 15 is 0 Å². The van der Waals surface area contributed by atoms with Crippen LogP contribution in [0.15, 0.2) is 272 Å². The van der Waals surface area contributed by atoms with Gasteiger partial charge in [-0.3, -0.25) is 0 Å². The fourth-order valence-electron chi connectivity index (χ4n) is 20.0. The number of unbranched alkanes of at least 4 members (excludes halogenated alkanes) is 1. The highest BCUT2D eigenvalue weighted by Crippen LogP contribution is 2.55. The maximum atomic E-state index is 2.57. The predicted octanol–water partition coefficient (Wildman–Crippen LogP) is 25.1. The van der Waals surface area contributed by atoms with Crippen LogP contribution in [-0.2, 0) is 32.5 Å². The van der Waals surface area contributed by atoms with Crippen molar-refractivity contribution in [1.29, 1.82) is 0 Å². The quantitative estimate of drug-likeness (QED) is 0.114. The van der Waals surface area contributed by atoms with Crippen LogP contribution in [0.4, 0.5) is 34.1 Å². The van der Waals surface area contributed by atoms with Crippen molar-refractivity contribution in [3.8, 4) is 0 Å². The van der Waals surface area contributed by atoms with E-state index in [1.165, 1.54) is 174 Å². The van der Waals surface area contributed by atoms with E-state index in [1.807, 2.05) is 0 Å². The van der Waals surface area contributed by atoms with Gasteiger partial charge in [-0.1, -0.05) is 231 Å². The molecule has 0 spiro atoms. The lowest BCUT2D eigenvalue weighted by molar-refractivity contribution is -0.401. The molecule has 0 radical (unpaired) electrons. The molecule has 6 heterocycles. The van der Waals surface area contributed by atoms with Crippen molar-refractivity contribution < 1.29 is 13.7 Å². The number of hydrogen-bond donors (Lipinski definition) is 0. The van der Waals surface area contributed by atoms with Gasteiger partial charge >= 0.3 is 0 Å². The molecule has 0 N–H and O–H groups in total. The number of rotatable bonds is 12. The van der Waals surface area contributed by atoms with Crippen LogP contribution in [0.3, 0.4) is 0 Å². The third-order valence-corrected chi connectivity index (χ3v) is 25.3. The highest BCUT2D eigenvalue weighted by atomic mass is 15.2. The van der Waals surface area contributed by atoms with Crippen molar-refractivity contribution in [3.63, 3.8) is 0 Å². The second-order valence-corrected chi connectivity index (χ2v) is 34.1. The lowest BCUT2D eigenvalue weighted by Gasteiger charge is -2.27. The summed E-state index contributed by atoms with van der Waals surface area (Å²) in [7, 11) is 6.61. The molecule has 11 aromatic rings. The Morgan fingerprint density at radius 3 is 1.00 bits per heavy atom. The third-order valence-electron chi connectivity index (χ3n) is 25.3. The van der Waals surface area contributed by atoms with Crippen LogP contribution in [0.5, 0.6) is 0 Å². The van der Waals surface area contributed by atoms with Crippen LogP contribution in [0.2, 0.25) is 0 Å². The summed E-state index contributed by atoms with van der Waals surface area (Å²) < 4.78 is 7.11. The molecule has 0 saturated carbocycles. The Morgan fingerprint density at radius 1 is 0.315 bits per heavy atom. The second-order valence-electron chi connectivity index (χ2n) is 34.1. The number of benzene rings is 11. The van der Waals surface area contributed by atoms with E-state index in [-0.39, 0.29) is 32.5 Å². The molecule has 0 bridgehead atoms. The Morgan fingerprint density at radius 2 is 0.630 bits per heavy atom. The van der Waals surface area contributed by atoms with Crippen LogP contribution in [-0.4, -0.2) is 71.6 Å². The summed E-state index contributed by atoms with van der Waals surface area (Å²) >= 11 is 0. The molecule has 6 heteroatoms. The van der Waals surface area contributed by atoms with Gasteiger partial charge in [0.1, 0.15) is 21.1 Å². The first-order chi connectivity index (χ1) is 51.7. The Kier molecular flexibility index (Phi) is 18.7. The molecule has 17 rings (SSSR count). The van der Waals surface area contributed by atoms with E-state index in [9.17, 15) is 0 Å². The lowest BCUT2D eigenvalue weighted by Crippen LogP contribution is -2.27. The van der Waals surface area contributed by atoms with Gasteiger partial charge in [0.2, 0.25) is 17.1 Å². The van der Waals surface area contributed by atoms with Gasteiger partial charge in [0.05, 0.1) is 16.2 Å². The van der Waals surface area contributed by atoms with Crippen LogP contribution in [0, 0.1) is 6.92 Å². The van der Waals surface area contributed by atoms with Crippen LogP contribution in [0.1, 0.15) is 162 Å². The minimum absolute atomic E-state index is 0.0165. The topological polar surface area (TPSA) is 18.8 Å². The highest BCUT2D eigenvalue weighted by molar-refractivity contribution is 6.10. The van der Waals surface area contributed by atoms with Gasteiger partial charge in [0.25, 0.3) is 0 Å². The zero-order chi connectivity index (χ0) is 76.1. The van der Waals surface area contributed by atoms with Crippen molar-refractivity contribution in [2.45, 2.75) is 163 Å². The molecule has 11 aromatic carbocycles. The van der Waals surface area contributed by atoms with Gasteiger partial charge in [-0.2, -0.15) is 13.7 Å². The van der Waals surface area contributed by atoms with E-state index in [4.69, 9.17) is 0 Å². The molecular formula is C102H111N6+3. The first-order valence-electron chi connectivity index (χ1n) is 39.8. The monoisotopic (exact) mass is 1420 g/mol. The van der Waals surface area contributed by atoms with E-state index in [0.29, 0.717) is 0 Å². The van der Waals surface area contributed by atoms with E-state index < -0.39 is 0 Å². The van der Waals surface area contributed by atoms with Crippen molar-refractivity contribution in [2.24, 2.45) is 0 Å². The maximum Gasteiger partial charge on any atom is 0.210 e. The standard InChI is InChI=1S/C35H37N2.C34H35N2.C33H39N2/c1-7-23-37-29-22-20-25-14-9-11-16-27(25)33(29)35(4,5)31(37)18-12-17-30-34(2,3)32-26-15-10-8-13-24(26)19-21-28(32)36(30)6;1-7-36-28-22-20-24-14-9-11-16-26(24)32(28)34(4,5)30(36)18-12-17-29-33(2,3)31-25-15-10-8-13-23(25)19-21-27(31)35(29)6;1-8-9-21-35-28-20-18-24-13-10-11-14-25(24)31(28)33(5,6)30(35)16-12-15-29-32(3,4)26-22-23(2)17-19-27(26)34(29)7/h8-22H,7,23H2,1-6H3;8-22H,7H2,1-6H3;10-20,22H,8-9,21H2,1-7H3/q3*+1. The number of anilines is 3. The number of aryl methyl sites for hydroxylation is 1. The van der Waals surface area contributed by atoms with Crippen LogP contribution < -0.4 is 14.7 Å². The van der Waals surface area contributed by atoms with Gasteiger partial charge in [-0.25, -0.2) is 0 Å². The largest absolute Gasteiger partial charge is 0.344 e. The number of allylic oxidation sites excluding steroid dienone is 12.